The lowest BCUT2D eigenvalue weighted by Gasteiger charge is -2.33. The van der Waals surface area contributed by atoms with E-state index in [1.54, 1.807) is 0 Å². The van der Waals surface area contributed by atoms with Crippen LogP contribution in [0.1, 0.15) is 30.1 Å². The number of nitrogens with zero attached hydrogens (tertiary/aromatic N) is 1. The molecule has 29 heavy (non-hydrogen) atoms. The van der Waals surface area contributed by atoms with E-state index in [0.717, 1.165) is 43.8 Å². The van der Waals surface area contributed by atoms with E-state index in [2.05, 4.69) is 40.5 Å². The maximum absolute atomic E-state index is 12.7. The van der Waals surface area contributed by atoms with Crippen molar-refractivity contribution < 1.29 is 14.3 Å². The molecule has 156 valence electrons. The number of likely N-dealkylation sites (tertiary alicyclic amines) is 1. The van der Waals surface area contributed by atoms with Crippen molar-refractivity contribution in [2.45, 2.75) is 25.4 Å². The minimum Gasteiger partial charge on any atom is -0.467 e. The average Bonchev–Trinajstić information content (AvgIpc) is 2.77. The topological polar surface area (TPSA) is 50.8 Å². The van der Waals surface area contributed by atoms with Gasteiger partial charge in [-0.15, -0.1) is 12.4 Å². The number of rotatable bonds is 6. The van der Waals surface area contributed by atoms with Gasteiger partial charge in [-0.2, -0.15) is 0 Å². The molecule has 0 bridgehead atoms. The summed E-state index contributed by atoms with van der Waals surface area (Å²) in [5, 5.41) is 3.11. The molecule has 0 radical (unpaired) electrons. The summed E-state index contributed by atoms with van der Waals surface area (Å²) < 4.78 is 11.0. The molecule has 2 unspecified atom stereocenters. The van der Waals surface area contributed by atoms with Crippen molar-refractivity contribution in [1.82, 2.24) is 10.2 Å². The first kappa shape index (κ1) is 21.6. The Kier molecular flexibility index (Phi) is 7.92. The predicted octanol–water partition coefficient (Wildman–Crippen LogP) is 3.59. The number of carbonyl (C=O) groups is 1. The lowest BCUT2D eigenvalue weighted by Crippen LogP contribution is -2.43. The number of carbonyl (C=O) groups excluding carboxylic acids is 1. The minimum absolute atomic E-state index is 0. The average molecular weight is 417 g/mol. The number of hydrogen-bond acceptors (Lipinski definition) is 4. The van der Waals surface area contributed by atoms with Gasteiger partial charge in [0.05, 0.1) is 0 Å². The standard InChI is InChI=1S/C23H28N2O3.ClH/c26-23(22-20-10-4-5-11-21(20)27-17-28-22)24-15-19-9-6-13-25(16-19)14-12-18-7-2-1-3-8-18;/h1-5,7-8,10-11,19,22H,6,9,12-17H2,(H,24,26);1H. The van der Waals surface area contributed by atoms with Crippen LogP contribution in [-0.4, -0.2) is 43.8 Å². The van der Waals surface area contributed by atoms with Crippen LogP contribution in [0, 0.1) is 5.92 Å². The highest BCUT2D eigenvalue weighted by molar-refractivity contribution is 5.85. The highest BCUT2D eigenvalue weighted by Crippen LogP contribution is 2.31. The Morgan fingerprint density at radius 2 is 1.90 bits per heavy atom. The van der Waals surface area contributed by atoms with Gasteiger partial charge in [0.25, 0.3) is 5.91 Å². The zero-order chi connectivity index (χ0) is 19.2. The Morgan fingerprint density at radius 3 is 2.76 bits per heavy atom. The van der Waals surface area contributed by atoms with Crippen LogP contribution in [0.3, 0.4) is 0 Å². The maximum atomic E-state index is 12.7. The molecule has 1 saturated heterocycles. The number of nitrogens with one attached hydrogen (secondary N) is 1. The third-order valence-electron chi connectivity index (χ3n) is 5.62. The second-order valence-corrected chi connectivity index (χ2v) is 7.64. The van der Waals surface area contributed by atoms with Crippen LogP contribution in [0.2, 0.25) is 0 Å². The molecule has 0 aromatic heterocycles. The number of piperidine rings is 1. The van der Waals surface area contributed by atoms with E-state index in [-0.39, 0.29) is 25.1 Å². The third kappa shape index (κ3) is 5.72. The molecule has 2 aliphatic rings. The fraction of sp³-hybridized carbons (Fsp3) is 0.435. The van der Waals surface area contributed by atoms with Gasteiger partial charge in [-0.25, -0.2) is 0 Å². The Bertz CT molecular complexity index is 787. The summed E-state index contributed by atoms with van der Waals surface area (Å²) in [6, 6.07) is 18.2. The predicted molar refractivity (Wildman–Crippen MR) is 115 cm³/mol. The lowest BCUT2D eigenvalue weighted by molar-refractivity contribution is -0.142. The van der Waals surface area contributed by atoms with E-state index in [0.29, 0.717) is 12.5 Å². The van der Waals surface area contributed by atoms with Crippen LogP contribution in [0.4, 0.5) is 0 Å². The summed E-state index contributed by atoms with van der Waals surface area (Å²) >= 11 is 0. The number of benzene rings is 2. The van der Waals surface area contributed by atoms with Gasteiger partial charge < -0.3 is 19.7 Å². The van der Waals surface area contributed by atoms with Crippen LogP contribution in [0.15, 0.2) is 54.6 Å². The summed E-state index contributed by atoms with van der Waals surface area (Å²) in [6.45, 7) is 4.08. The molecule has 2 aliphatic heterocycles. The largest absolute Gasteiger partial charge is 0.467 e. The van der Waals surface area contributed by atoms with Crippen molar-refractivity contribution in [1.29, 1.82) is 0 Å². The van der Waals surface area contributed by atoms with Crippen molar-refractivity contribution in [3.8, 4) is 5.75 Å². The molecular formula is C23H29ClN2O3. The van der Waals surface area contributed by atoms with Crippen molar-refractivity contribution >= 4 is 18.3 Å². The van der Waals surface area contributed by atoms with E-state index >= 15 is 0 Å². The first-order valence-electron chi connectivity index (χ1n) is 10.2. The highest BCUT2D eigenvalue weighted by Gasteiger charge is 2.29. The van der Waals surface area contributed by atoms with Crippen LogP contribution in [-0.2, 0) is 16.0 Å². The Hall–Kier alpha value is -2.08. The van der Waals surface area contributed by atoms with Crippen LogP contribution < -0.4 is 10.1 Å². The van der Waals surface area contributed by atoms with Gasteiger partial charge in [0.1, 0.15) is 5.75 Å². The van der Waals surface area contributed by atoms with Crippen molar-refractivity contribution in [3.63, 3.8) is 0 Å². The van der Waals surface area contributed by atoms with Gasteiger partial charge >= 0.3 is 0 Å². The molecule has 0 spiro atoms. The zero-order valence-electron chi connectivity index (χ0n) is 16.6. The highest BCUT2D eigenvalue weighted by atomic mass is 35.5. The summed E-state index contributed by atoms with van der Waals surface area (Å²) in [7, 11) is 0. The zero-order valence-corrected chi connectivity index (χ0v) is 17.4. The Balaban J connectivity index is 0.00000240. The number of fused-ring (bicyclic) bond motifs is 1. The van der Waals surface area contributed by atoms with Crippen molar-refractivity contribution in [2.24, 2.45) is 5.92 Å². The van der Waals surface area contributed by atoms with Crippen molar-refractivity contribution in [3.05, 3.63) is 65.7 Å². The van der Waals surface area contributed by atoms with Gasteiger partial charge in [0.15, 0.2) is 12.9 Å². The van der Waals surface area contributed by atoms with Gasteiger partial charge in [-0.05, 0) is 43.4 Å². The molecule has 5 nitrogen and oxygen atoms in total. The summed E-state index contributed by atoms with van der Waals surface area (Å²) in [5.41, 5.74) is 2.19. The van der Waals surface area contributed by atoms with E-state index in [9.17, 15) is 4.79 Å². The molecule has 1 fully saturated rings. The van der Waals surface area contributed by atoms with E-state index < -0.39 is 6.10 Å². The number of hydrogen-bond donors (Lipinski definition) is 1. The molecular weight excluding hydrogens is 388 g/mol. The van der Waals surface area contributed by atoms with E-state index in [1.807, 2.05) is 24.3 Å². The Morgan fingerprint density at radius 1 is 1.10 bits per heavy atom. The molecule has 0 aliphatic carbocycles. The minimum atomic E-state index is -0.581. The number of para-hydroxylation sites is 1. The van der Waals surface area contributed by atoms with E-state index in [1.165, 1.54) is 12.0 Å². The molecule has 2 aromatic rings. The molecule has 4 rings (SSSR count). The van der Waals surface area contributed by atoms with E-state index in [4.69, 9.17) is 9.47 Å². The third-order valence-corrected chi connectivity index (χ3v) is 5.62. The normalized spacial score (nSPS) is 21.4. The summed E-state index contributed by atoms with van der Waals surface area (Å²) in [5.74, 6) is 1.15. The fourth-order valence-electron chi connectivity index (χ4n) is 4.09. The quantitative estimate of drug-likeness (QED) is 0.781. The number of ether oxygens (including phenoxy) is 2. The number of amides is 1. The molecule has 2 heterocycles. The van der Waals surface area contributed by atoms with Crippen LogP contribution in [0.25, 0.3) is 0 Å². The SMILES string of the molecule is Cl.O=C(NCC1CCCN(CCc2ccccc2)C1)C1OCOc2ccccc21. The van der Waals surface area contributed by atoms with Crippen LogP contribution in [0.5, 0.6) is 5.75 Å². The lowest BCUT2D eigenvalue weighted by atomic mass is 9.97. The molecule has 1 amide bonds. The molecule has 1 N–H and O–H groups in total. The van der Waals surface area contributed by atoms with Crippen molar-refractivity contribution in [2.75, 3.05) is 33.0 Å². The summed E-state index contributed by atoms with van der Waals surface area (Å²) in [6.07, 6.45) is 2.84. The number of halogens is 1. The van der Waals surface area contributed by atoms with Crippen LogP contribution >= 0.6 is 12.4 Å². The Labute approximate surface area is 178 Å². The van der Waals surface area contributed by atoms with Gasteiger partial charge in [-0.1, -0.05) is 48.5 Å². The smallest absolute Gasteiger partial charge is 0.254 e. The monoisotopic (exact) mass is 416 g/mol. The second kappa shape index (κ2) is 10.6. The molecule has 0 saturated carbocycles. The summed E-state index contributed by atoms with van der Waals surface area (Å²) in [4.78, 5) is 15.2. The maximum Gasteiger partial charge on any atom is 0.254 e. The molecule has 2 aromatic carbocycles. The second-order valence-electron chi connectivity index (χ2n) is 7.64. The first-order chi connectivity index (χ1) is 13.8. The fourth-order valence-corrected chi connectivity index (χ4v) is 4.09. The van der Waals surface area contributed by atoms with Gasteiger partial charge in [0, 0.05) is 25.2 Å². The molecule has 2 atom stereocenters. The van der Waals surface area contributed by atoms with Gasteiger partial charge in [0.2, 0.25) is 0 Å². The van der Waals surface area contributed by atoms with Gasteiger partial charge in [-0.3, -0.25) is 4.79 Å². The molecule has 6 heteroatoms. The first-order valence-corrected chi connectivity index (χ1v) is 10.2.